The lowest BCUT2D eigenvalue weighted by atomic mass is 10.1. The molecular weight excluding hydrogens is 366 g/mol. The molecule has 1 aromatic carbocycles. The second kappa shape index (κ2) is 8.93. The molecule has 0 unspecified atom stereocenters. The summed E-state index contributed by atoms with van der Waals surface area (Å²) in [4.78, 5) is 16.6. The van der Waals surface area contributed by atoms with Crippen molar-refractivity contribution < 1.29 is 17.9 Å². The number of ether oxygens (including phenoxy) is 1. The Morgan fingerprint density at radius 2 is 1.89 bits per heavy atom. The fraction of sp³-hybridized carbons (Fsp3) is 0.632. The van der Waals surface area contributed by atoms with Crippen LogP contribution in [-0.2, 0) is 14.6 Å². The zero-order valence-electron chi connectivity index (χ0n) is 16.8. The monoisotopic (exact) mass is 397 g/mol. The number of hydrogen-bond acceptors (Lipinski definition) is 5. The molecule has 0 aromatic heterocycles. The van der Waals surface area contributed by atoms with Gasteiger partial charge in [-0.1, -0.05) is 12.1 Å². The number of nitrogens with one attached hydrogen (secondary N) is 1. The van der Waals surface area contributed by atoms with Crippen molar-refractivity contribution in [2.45, 2.75) is 45.9 Å². The number of morpholine rings is 1. The number of amides is 2. The maximum atomic E-state index is 12.8. The number of sulfone groups is 1. The van der Waals surface area contributed by atoms with Gasteiger partial charge in [-0.05, 0) is 39.8 Å². The van der Waals surface area contributed by atoms with E-state index in [0.717, 1.165) is 18.8 Å². The summed E-state index contributed by atoms with van der Waals surface area (Å²) in [6.07, 6.45) is 1.41. The van der Waals surface area contributed by atoms with E-state index in [9.17, 15) is 13.2 Å². The van der Waals surface area contributed by atoms with E-state index in [2.05, 4.69) is 10.2 Å². The summed E-state index contributed by atoms with van der Waals surface area (Å²) in [5.41, 5.74) is 1.66. The standard InChI is InChI=1S/C19H31N3O4S/c1-6-22(14(2)13-27(5,24)25)19(23)20-17-9-7-8-10-18(17)21-11-15(3)26-16(4)12-21/h7-10,14-16H,6,11-13H2,1-5H3,(H,20,23)/t14-,15-,16+/m0/s1. The third kappa shape index (κ3) is 6.10. The SMILES string of the molecule is CCN(C(=O)Nc1ccccc1N1C[C@@H](C)O[C@@H](C)C1)[C@@H](C)CS(C)(=O)=O. The van der Waals surface area contributed by atoms with E-state index >= 15 is 0 Å². The Hall–Kier alpha value is -1.80. The molecule has 1 aromatic rings. The van der Waals surface area contributed by atoms with Gasteiger partial charge in [0.1, 0.15) is 9.84 Å². The Morgan fingerprint density at radius 3 is 2.44 bits per heavy atom. The molecule has 0 aliphatic carbocycles. The van der Waals surface area contributed by atoms with Gasteiger partial charge >= 0.3 is 6.03 Å². The maximum Gasteiger partial charge on any atom is 0.322 e. The number of hydrogen-bond donors (Lipinski definition) is 1. The van der Waals surface area contributed by atoms with Crippen molar-refractivity contribution >= 4 is 27.2 Å². The predicted molar refractivity (Wildman–Crippen MR) is 109 cm³/mol. The van der Waals surface area contributed by atoms with Gasteiger partial charge in [0.25, 0.3) is 0 Å². The highest BCUT2D eigenvalue weighted by Crippen LogP contribution is 2.29. The summed E-state index contributed by atoms with van der Waals surface area (Å²) in [5.74, 6) is -0.0611. The summed E-state index contributed by atoms with van der Waals surface area (Å²) < 4.78 is 29.0. The lowest BCUT2D eigenvalue weighted by Gasteiger charge is -2.38. The van der Waals surface area contributed by atoms with E-state index in [0.29, 0.717) is 12.2 Å². The first-order chi connectivity index (χ1) is 12.6. The normalized spacial score (nSPS) is 21.6. The number of urea groups is 1. The average Bonchev–Trinajstić information content (AvgIpc) is 2.53. The second-order valence-corrected chi connectivity index (χ2v) is 9.52. The average molecular weight is 398 g/mol. The lowest BCUT2D eigenvalue weighted by molar-refractivity contribution is -0.00517. The second-order valence-electron chi connectivity index (χ2n) is 7.34. The maximum absolute atomic E-state index is 12.8. The number of carbonyl (C=O) groups excluding carboxylic acids is 1. The third-order valence-electron chi connectivity index (χ3n) is 4.58. The molecule has 1 aliphatic heterocycles. The van der Waals surface area contributed by atoms with Crippen molar-refractivity contribution in [3.8, 4) is 0 Å². The van der Waals surface area contributed by atoms with Crippen LogP contribution < -0.4 is 10.2 Å². The van der Waals surface area contributed by atoms with Crippen molar-refractivity contribution in [2.75, 3.05) is 41.9 Å². The Kier molecular flexibility index (Phi) is 7.11. The van der Waals surface area contributed by atoms with Crippen molar-refractivity contribution in [3.05, 3.63) is 24.3 Å². The van der Waals surface area contributed by atoms with Gasteiger partial charge in [-0.15, -0.1) is 0 Å². The van der Waals surface area contributed by atoms with Crippen LogP contribution >= 0.6 is 0 Å². The van der Waals surface area contributed by atoms with Gasteiger partial charge in [0.05, 0.1) is 29.3 Å². The number of carbonyl (C=O) groups is 1. The molecule has 1 saturated heterocycles. The summed E-state index contributed by atoms with van der Waals surface area (Å²) in [6, 6.07) is 6.97. The number of anilines is 2. The highest BCUT2D eigenvalue weighted by atomic mass is 32.2. The number of rotatable bonds is 6. The van der Waals surface area contributed by atoms with Gasteiger partial charge in [-0.3, -0.25) is 0 Å². The Bertz CT molecular complexity index is 743. The molecule has 0 radical (unpaired) electrons. The predicted octanol–water partition coefficient (Wildman–Crippen LogP) is 2.59. The number of para-hydroxylation sites is 2. The van der Waals surface area contributed by atoms with Crippen LogP contribution in [0, 0.1) is 0 Å². The molecule has 0 bridgehead atoms. The molecule has 1 fully saturated rings. The molecular formula is C19H31N3O4S. The smallest absolute Gasteiger partial charge is 0.322 e. The first-order valence-electron chi connectivity index (χ1n) is 9.35. The van der Waals surface area contributed by atoms with Crippen LogP contribution in [0.3, 0.4) is 0 Å². The van der Waals surface area contributed by atoms with Crippen LogP contribution in [0.2, 0.25) is 0 Å². The van der Waals surface area contributed by atoms with E-state index < -0.39 is 15.9 Å². The van der Waals surface area contributed by atoms with Gasteiger partial charge in [0.2, 0.25) is 0 Å². The van der Waals surface area contributed by atoms with Crippen LogP contribution in [0.15, 0.2) is 24.3 Å². The minimum absolute atomic E-state index is 0.0611. The van der Waals surface area contributed by atoms with Crippen molar-refractivity contribution in [1.29, 1.82) is 0 Å². The van der Waals surface area contributed by atoms with E-state index in [4.69, 9.17) is 4.74 Å². The van der Waals surface area contributed by atoms with Gasteiger partial charge in [-0.25, -0.2) is 13.2 Å². The topological polar surface area (TPSA) is 79.0 Å². The minimum atomic E-state index is -3.17. The van der Waals surface area contributed by atoms with E-state index in [1.807, 2.05) is 45.0 Å². The summed E-state index contributed by atoms with van der Waals surface area (Å²) in [7, 11) is -3.17. The quantitative estimate of drug-likeness (QED) is 0.798. The van der Waals surface area contributed by atoms with Crippen LogP contribution in [0.1, 0.15) is 27.7 Å². The van der Waals surface area contributed by atoms with Crippen molar-refractivity contribution in [1.82, 2.24) is 4.90 Å². The highest BCUT2D eigenvalue weighted by Gasteiger charge is 2.26. The van der Waals surface area contributed by atoms with Gasteiger partial charge in [0.15, 0.2) is 0 Å². The molecule has 1 N–H and O–H groups in total. The molecule has 1 aliphatic rings. The summed E-state index contributed by atoms with van der Waals surface area (Å²) in [6.45, 7) is 9.59. The van der Waals surface area contributed by atoms with Crippen LogP contribution in [0.4, 0.5) is 16.2 Å². The first-order valence-corrected chi connectivity index (χ1v) is 11.4. The van der Waals surface area contributed by atoms with Crippen LogP contribution in [-0.4, -0.2) is 69.2 Å². The van der Waals surface area contributed by atoms with Gasteiger partial charge < -0.3 is 19.9 Å². The molecule has 2 amide bonds. The molecule has 152 valence electrons. The number of benzene rings is 1. The fourth-order valence-corrected chi connectivity index (χ4v) is 4.66. The van der Waals surface area contributed by atoms with E-state index in [1.54, 1.807) is 11.8 Å². The largest absolute Gasteiger partial charge is 0.372 e. The summed E-state index contributed by atoms with van der Waals surface area (Å²) in [5, 5.41) is 2.96. The first kappa shape index (κ1) is 21.5. The number of nitrogens with zero attached hydrogens (tertiary/aromatic N) is 2. The zero-order chi connectivity index (χ0) is 20.2. The lowest BCUT2D eigenvalue weighted by Crippen LogP contribution is -2.46. The van der Waals surface area contributed by atoms with Gasteiger partial charge in [-0.2, -0.15) is 0 Å². The van der Waals surface area contributed by atoms with E-state index in [-0.39, 0.29) is 24.0 Å². The van der Waals surface area contributed by atoms with Crippen molar-refractivity contribution in [2.24, 2.45) is 0 Å². The minimum Gasteiger partial charge on any atom is -0.372 e. The molecule has 0 spiro atoms. The molecule has 2 rings (SSSR count). The van der Waals surface area contributed by atoms with Crippen molar-refractivity contribution in [3.63, 3.8) is 0 Å². The Balaban J connectivity index is 2.18. The molecule has 27 heavy (non-hydrogen) atoms. The molecule has 8 heteroatoms. The summed E-state index contributed by atoms with van der Waals surface area (Å²) >= 11 is 0. The van der Waals surface area contributed by atoms with Gasteiger partial charge in [0, 0.05) is 31.9 Å². The highest BCUT2D eigenvalue weighted by molar-refractivity contribution is 7.90. The molecule has 1 heterocycles. The molecule has 7 nitrogen and oxygen atoms in total. The fourth-order valence-electron chi connectivity index (χ4n) is 3.60. The third-order valence-corrected chi connectivity index (χ3v) is 5.67. The molecule has 0 saturated carbocycles. The Labute approximate surface area is 162 Å². The zero-order valence-corrected chi connectivity index (χ0v) is 17.6. The van der Waals surface area contributed by atoms with Crippen LogP contribution in [0.25, 0.3) is 0 Å². The van der Waals surface area contributed by atoms with Crippen LogP contribution in [0.5, 0.6) is 0 Å². The Morgan fingerprint density at radius 1 is 1.30 bits per heavy atom. The van der Waals surface area contributed by atoms with E-state index in [1.165, 1.54) is 6.26 Å². The molecule has 3 atom stereocenters.